The van der Waals surface area contributed by atoms with Gasteiger partial charge in [-0.3, -0.25) is 4.79 Å². The van der Waals surface area contributed by atoms with Gasteiger partial charge in [0.15, 0.2) is 0 Å². The Bertz CT molecular complexity index is 106. The molecule has 9 heavy (non-hydrogen) atoms. The molecule has 0 fully saturated rings. The molecule has 2 atom stereocenters. The molecule has 0 aliphatic carbocycles. The molecule has 0 saturated carbocycles. The van der Waals surface area contributed by atoms with Crippen LogP contribution in [0.3, 0.4) is 0 Å². The van der Waals surface area contributed by atoms with Gasteiger partial charge in [0, 0.05) is 5.33 Å². The minimum absolute atomic E-state index is 0.259. The van der Waals surface area contributed by atoms with Crippen LogP contribution in [0.25, 0.3) is 0 Å². The first-order valence-electron chi connectivity index (χ1n) is 2.20. The minimum atomic E-state index is -1.05. The Kier molecular flexibility index (Phi) is 4.43. The van der Waals surface area contributed by atoms with Crippen molar-refractivity contribution in [3.8, 4) is 0 Å². The highest BCUT2D eigenvalue weighted by atomic mass is 79.9. The Morgan fingerprint density at radius 3 is 2.22 bits per heavy atom. The van der Waals surface area contributed by atoms with Gasteiger partial charge in [-0.1, -0.05) is 31.9 Å². The van der Waals surface area contributed by atoms with E-state index in [1.807, 2.05) is 0 Å². The summed E-state index contributed by atoms with van der Waals surface area (Å²) in [6, 6.07) is 0. The van der Waals surface area contributed by atoms with E-state index in [4.69, 9.17) is 10.2 Å². The third kappa shape index (κ3) is 3.17. The van der Waals surface area contributed by atoms with Crippen LogP contribution in [-0.2, 0) is 4.79 Å². The minimum Gasteiger partial charge on any atom is -0.480 e. The lowest BCUT2D eigenvalue weighted by Crippen LogP contribution is -2.29. The maximum Gasteiger partial charge on any atom is 0.319 e. The maximum absolute atomic E-state index is 10.1. The lowest BCUT2D eigenvalue weighted by molar-refractivity contribution is -0.137. The number of carbonyl (C=O) groups is 1. The molecule has 0 aromatic heterocycles. The Morgan fingerprint density at radius 1 is 1.67 bits per heavy atom. The fraction of sp³-hybridized carbons (Fsp3) is 0.750. The van der Waals surface area contributed by atoms with E-state index in [0.717, 1.165) is 0 Å². The van der Waals surface area contributed by atoms with Crippen LogP contribution in [-0.4, -0.2) is 32.4 Å². The van der Waals surface area contributed by atoms with Gasteiger partial charge < -0.3 is 10.2 Å². The molecule has 0 heterocycles. The molecule has 0 saturated heterocycles. The molecule has 3 nitrogen and oxygen atoms in total. The Hall–Kier alpha value is 0.390. The van der Waals surface area contributed by atoms with Crippen molar-refractivity contribution in [2.75, 3.05) is 5.33 Å². The number of rotatable bonds is 3. The van der Waals surface area contributed by atoms with Crippen molar-refractivity contribution in [2.24, 2.45) is 0 Å². The molecule has 0 aliphatic heterocycles. The number of aliphatic hydroxyl groups is 1. The zero-order chi connectivity index (χ0) is 7.44. The summed E-state index contributed by atoms with van der Waals surface area (Å²) in [6.45, 7) is 0. The van der Waals surface area contributed by atoms with Gasteiger partial charge in [0.25, 0.3) is 0 Å². The van der Waals surface area contributed by atoms with Gasteiger partial charge in [0.05, 0.1) is 6.10 Å². The van der Waals surface area contributed by atoms with Gasteiger partial charge in [0.2, 0.25) is 0 Å². The average molecular weight is 262 g/mol. The molecule has 0 radical (unpaired) electrons. The molecule has 5 heteroatoms. The zero-order valence-corrected chi connectivity index (χ0v) is 7.59. The Balaban J connectivity index is 3.72. The fourth-order valence-corrected chi connectivity index (χ4v) is 1.31. The average Bonchev–Trinajstić information content (AvgIpc) is 1.84. The first kappa shape index (κ1) is 9.39. The molecule has 0 rings (SSSR count). The van der Waals surface area contributed by atoms with Crippen LogP contribution in [0.4, 0.5) is 0 Å². The van der Waals surface area contributed by atoms with E-state index in [1.54, 1.807) is 0 Å². The van der Waals surface area contributed by atoms with Crippen LogP contribution in [0.5, 0.6) is 0 Å². The van der Waals surface area contributed by atoms with Crippen molar-refractivity contribution >= 4 is 37.8 Å². The summed E-state index contributed by atoms with van der Waals surface area (Å²) in [5, 5.41) is 17.3. The number of hydrogen-bond acceptors (Lipinski definition) is 2. The summed E-state index contributed by atoms with van der Waals surface area (Å²) < 4.78 is 0. The molecule has 2 N–H and O–H groups in total. The highest BCUT2D eigenvalue weighted by molar-refractivity contribution is 9.10. The summed E-state index contributed by atoms with van der Waals surface area (Å²) in [6.07, 6.45) is -0.873. The number of aliphatic hydroxyl groups excluding tert-OH is 1. The van der Waals surface area contributed by atoms with Gasteiger partial charge in [0.1, 0.15) is 4.83 Å². The topological polar surface area (TPSA) is 57.5 Å². The third-order valence-electron chi connectivity index (χ3n) is 0.732. The highest BCUT2D eigenvalue weighted by Crippen LogP contribution is 2.07. The van der Waals surface area contributed by atoms with Crippen LogP contribution >= 0.6 is 31.9 Å². The maximum atomic E-state index is 10.1. The Morgan fingerprint density at radius 2 is 2.11 bits per heavy atom. The quantitative estimate of drug-likeness (QED) is 0.732. The van der Waals surface area contributed by atoms with E-state index in [9.17, 15) is 4.79 Å². The second kappa shape index (κ2) is 4.24. The van der Waals surface area contributed by atoms with Crippen molar-refractivity contribution in [2.45, 2.75) is 10.9 Å². The smallest absolute Gasteiger partial charge is 0.319 e. The summed E-state index contributed by atoms with van der Waals surface area (Å²) in [5.74, 6) is -1.05. The van der Waals surface area contributed by atoms with Crippen LogP contribution in [0.1, 0.15) is 0 Å². The molecule has 0 aromatic rings. The molecular weight excluding hydrogens is 256 g/mol. The van der Waals surface area contributed by atoms with Crippen molar-refractivity contribution in [3.05, 3.63) is 0 Å². The normalized spacial score (nSPS) is 16.8. The SMILES string of the molecule is O=C(O)[C@@H](Br)[C@@H](O)CBr. The zero-order valence-electron chi connectivity index (χ0n) is 4.42. The van der Waals surface area contributed by atoms with E-state index in [0.29, 0.717) is 0 Å². The lowest BCUT2D eigenvalue weighted by Gasteiger charge is -2.08. The molecular formula is C4H6Br2O3. The number of halogens is 2. The van der Waals surface area contributed by atoms with Gasteiger partial charge in [-0.25, -0.2) is 0 Å². The van der Waals surface area contributed by atoms with Crippen molar-refractivity contribution < 1.29 is 15.0 Å². The number of hydrogen-bond donors (Lipinski definition) is 2. The predicted molar refractivity (Wildman–Crippen MR) is 40.2 cm³/mol. The van der Waals surface area contributed by atoms with Gasteiger partial charge >= 0.3 is 5.97 Å². The van der Waals surface area contributed by atoms with Crippen LogP contribution in [0, 0.1) is 0 Å². The third-order valence-corrected chi connectivity index (χ3v) is 2.40. The Labute approximate surface area is 69.3 Å². The van der Waals surface area contributed by atoms with Crippen LogP contribution in [0.15, 0.2) is 0 Å². The summed E-state index contributed by atoms with van der Waals surface area (Å²) in [4.78, 5) is 9.19. The van der Waals surface area contributed by atoms with Gasteiger partial charge in [-0.15, -0.1) is 0 Å². The number of carboxylic acid groups (broad SMARTS) is 1. The molecule has 0 aliphatic rings. The number of carboxylic acids is 1. The van der Waals surface area contributed by atoms with E-state index < -0.39 is 16.9 Å². The summed E-state index contributed by atoms with van der Waals surface area (Å²) in [7, 11) is 0. The molecule has 54 valence electrons. The second-order valence-corrected chi connectivity index (χ2v) is 3.10. The van der Waals surface area contributed by atoms with Gasteiger partial charge in [-0.05, 0) is 0 Å². The van der Waals surface area contributed by atoms with E-state index >= 15 is 0 Å². The fourth-order valence-electron chi connectivity index (χ4n) is 0.243. The second-order valence-electron chi connectivity index (χ2n) is 1.46. The molecule has 0 unspecified atom stereocenters. The standard InChI is InChI=1S/C4H6Br2O3/c5-1-2(7)3(6)4(8)9/h2-3,7H,1H2,(H,8,9)/t2-,3-/m0/s1. The summed E-state index contributed by atoms with van der Waals surface area (Å²) >= 11 is 5.73. The van der Waals surface area contributed by atoms with Crippen molar-refractivity contribution in [1.82, 2.24) is 0 Å². The molecule has 0 bridgehead atoms. The lowest BCUT2D eigenvalue weighted by atomic mass is 10.3. The molecule has 0 amide bonds. The number of alkyl halides is 2. The largest absolute Gasteiger partial charge is 0.480 e. The van der Waals surface area contributed by atoms with Crippen LogP contribution < -0.4 is 0 Å². The first-order chi connectivity index (χ1) is 4.09. The van der Waals surface area contributed by atoms with E-state index in [1.165, 1.54) is 0 Å². The van der Waals surface area contributed by atoms with Crippen molar-refractivity contribution in [1.29, 1.82) is 0 Å². The van der Waals surface area contributed by atoms with Crippen LogP contribution in [0.2, 0.25) is 0 Å². The summed E-state index contributed by atoms with van der Waals surface area (Å²) in [5.41, 5.74) is 0. The predicted octanol–water partition coefficient (Wildman–Crippen LogP) is 0.590. The van der Waals surface area contributed by atoms with Crippen molar-refractivity contribution in [3.63, 3.8) is 0 Å². The van der Waals surface area contributed by atoms with E-state index in [-0.39, 0.29) is 5.33 Å². The monoisotopic (exact) mass is 260 g/mol. The number of aliphatic carboxylic acids is 1. The molecule has 0 spiro atoms. The molecule has 0 aromatic carbocycles. The van der Waals surface area contributed by atoms with Gasteiger partial charge in [-0.2, -0.15) is 0 Å². The first-order valence-corrected chi connectivity index (χ1v) is 4.24. The highest BCUT2D eigenvalue weighted by Gasteiger charge is 2.21. The van der Waals surface area contributed by atoms with E-state index in [2.05, 4.69) is 31.9 Å².